The topological polar surface area (TPSA) is 70.8 Å². The van der Waals surface area contributed by atoms with Crippen LogP contribution in [0.15, 0.2) is 12.1 Å². The van der Waals surface area contributed by atoms with Crippen LogP contribution in [0.1, 0.15) is 37.0 Å². The van der Waals surface area contributed by atoms with E-state index >= 15 is 0 Å². The first kappa shape index (κ1) is 15.1. The smallest absolute Gasteiger partial charge is 0.340 e. The van der Waals surface area contributed by atoms with Crippen molar-refractivity contribution in [1.82, 2.24) is 0 Å². The quantitative estimate of drug-likeness (QED) is 0.633. The Morgan fingerprint density at radius 1 is 1.21 bits per heavy atom. The van der Waals surface area contributed by atoms with E-state index in [0.717, 1.165) is 12.8 Å². The van der Waals surface area contributed by atoms with Crippen molar-refractivity contribution in [3.05, 3.63) is 17.7 Å². The average Bonchev–Trinajstić information content (AvgIpc) is 2.44. The zero-order valence-corrected chi connectivity index (χ0v) is 11.9. The average molecular weight is 267 g/mol. The fraction of sp³-hybridized carbons (Fsp3) is 0.500. The van der Waals surface area contributed by atoms with Gasteiger partial charge in [-0.3, -0.25) is 0 Å². The molecule has 0 aliphatic carbocycles. The monoisotopic (exact) mass is 267 g/mol. The van der Waals surface area contributed by atoms with Crippen molar-refractivity contribution in [2.45, 2.75) is 32.8 Å². The van der Waals surface area contributed by atoms with Gasteiger partial charge in [0.25, 0.3) is 0 Å². The van der Waals surface area contributed by atoms with Gasteiger partial charge in [-0.05, 0) is 18.9 Å². The highest BCUT2D eigenvalue weighted by atomic mass is 16.5. The summed E-state index contributed by atoms with van der Waals surface area (Å²) in [7, 11) is 3.00. The second kappa shape index (κ2) is 6.87. The minimum Gasteiger partial charge on any atom is -0.497 e. The normalized spacial score (nSPS) is 10.4. The van der Waals surface area contributed by atoms with Crippen LogP contribution in [0, 0.1) is 0 Å². The largest absolute Gasteiger partial charge is 0.497 e. The van der Waals surface area contributed by atoms with Gasteiger partial charge < -0.3 is 19.9 Å². The molecule has 0 saturated heterocycles. The van der Waals surface area contributed by atoms with E-state index < -0.39 is 5.97 Å². The molecule has 2 N–H and O–H groups in total. The Kier molecular flexibility index (Phi) is 5.48. The van der Waals surface area contributed by atoms with Gasteiger partial charge in [0.05, 0.1) is 25.5 Å². The van der Waals surface area contributed by atoms with Crippen LogP contribution in [-0.4, -0.2) is 26.3 Å². The molecule has 106 valence electrons. The van der Waals surface area contributed by atoms with Gasteiger partial charge in [0, 0.05) is 6.07 Å². The maximum atomic E-state index is 12.1. The van der Waals surface area contributed by atoms with E-state index in [2.05, 4.69) is 0 Å². The number of rotatable bonds is 6. The molecule has 0 aliphatic heterocycles. The first-order chi connectivity index (χ1) is 9.07. The molecule has 1 aromatic rings. The predicted octanol–water partition coefficient (Wildman–Crippen LogP) is 2.63. The van der Waals surface area contributed by atoms with Crippen molar-refractivity contribution in [2.75, 3.05) is 20.0 Å². The van der Waals surface area contributed by atoms with E-state index in [0.29, 0.717) is 11.5 Å². The first-order valence-corrected chi connectivity index (χ1v) is 6.29. The van der Waals surface area contributed by atoms with Crippen LogP contribution in [0.2, 0.25) is 0 Å². The van der Waals surface area contributed by atoms with Gasteiger partial charge in [0.2, 0.25) is 0 Å². The maximum absolute atomic E-state index is 12.1. The Bertz CT molecular complexity index is 441. The Labute approximate surface area is 113 Å². The molecule has 5 nitrogen and oxygen atoms in total. The van der Waals surface area contributed by atoms with Gasteiger partial charge in [-0.2, -0.15) is 0 Å². The van der Waals surface area contributed by atoms with E-state index in [9.17, 15) is 4.79 Å². The van der Waals surface area contributed by atoms with Crippen molar-refractivity contribution in [2.24, 2.45) is 0 Å². The van der Waals surface area contributed by atoms with Gasteiger partial charge in [-0.15, -0.1) is 0 Å². The number of methoxy groups -OCH3 is 2. The predicted molar refractivity (Wildman–Crippen MR) is 73.7 cm³/mol. The van der Waals surface area contributed by atoms with Crippen LogP contribution >= 0.6 is 0 Å². The Hall–Kier alpha value is -1.91. The zero-order chi connectivity index (χ0) is 14.4. The van der Waals surface area contributed by atoms with Crippen LogP contribution < -0.4 is 15.2 Å². The Balaban J connectivity index is 3.07. The van der Waals surface area contributed by atoms with Crippen LogP contribution in [0.5, 0.6) is 11.5 Å². The summed E-state index contributed by atoms with van der Waals surface area (Å²) in [4.78, 5) is 12.1. The number of nitrogens with two attached hydrogens (primary N) is 1. The number of esters is 1. The van der Waals surface area contributed by atoms with Gasteiger partial charge in [0.1, 0.15) is 17.6 Å². The lowest BCUT2D eigenvalue weighted by molar-refractivity contribution is 0.0285. The molecule has 0 saturated carbocycles. The van der Waals surface area contributed by atoms with Crippen LogP contribution in [0.25, 0.3) is 0 Å². The second-order valence-electron chi connectivity index (χ2n) is 4.13. The molecule has 0 bridgehead atoms. The summed E-state index contributed by atoms with van der Waals surface area (Å²) < 4.78 is 15.6. The molecule has 5 heteroatoms. The maximum Gasteiger partial charge on any atom is 0.340 e. The summed E-state index contributed by atoms with van der Waals surface area (Å²) in [6.07, 6.45) is 1.43. The molecule has 19 heavy (non-hydrogen) atoms. The lowest BCUT2D eigenvalue weighted by atomic mass is 10.1. The summed E-state index contributed by atoms with van der Waals surface area (Å²) in [5, 5.41) is 0. The molecule has 1 rings (SSSR count). The Morgan fingerprint density at radius 3 is 2.32 bits per heavy atom. The third kappa shape index (κ3) is 3.53. The molecule has 0 atom stereocenters. The highest BCUT2D eigenvalue weighted by Crippen LogP contribution is 2.31. The van der Waals surface area contributed by atoms with Gasteiger partial charge in [-0.25, -0.2) is 4.79 Å². The lowest BCUT2D eigenvalue weighted by Crippen LogP contribution is -2.18. The Morgan fingerprint density at radius 2 is 1.84 bits per heavy atom. The second-order valence-corrected chi connectivity index (χ2v) is 4.13. The number of nitrogen functional groups attached to an aromatic ring is 1. The molecular weight excluding hydrogens is 246 g/mol. The van der Waals surface area contributed by atoms with Crippen molar-refractivity contribution in [1.29, 1.82) is 0 Å². The summed E-state index contributed by atoms with van der Waals surface area (Å²) in [6.45, 7) is 3.94. The fourth-order valence-electron chi connectivity index (χ4n) is 1.73. The molecule has 0 unspecified atom stereocenters. The summed E-state index contributed by atoms with van der Waals surface area (Å²) >= 11 is 0. The highest BCUT2D eigenvalue weighted by Gasteiger charge is 2.19. The first-order valence-electron chi connectivity index (χ1n) is 6.29. The van der Waals surface area contributed by atoms with Crippen molar-refractivity contribution in [3.8, 4) is 11.5 Å². The lowest BCUT2D eigenvalue weighted by Gasteiger charge is -2.16. The summed E-state index contributed by atoms with van der Waals surface area (Å²) in [5.41, 5.74) is 6.43. The minimum absolute atomic E-state index is 0.107. The molecule has 0 aliphatic rings. The van der Waals surface area contributed by atoms with Crippen LogP contribution in [0.4, 0.5) is 5.69 Å². The molecule has 0 fully saturated rings. The summed E-state index contributed by atoms with van der Waals surface area (Å²) in [6, 6.07) is 3.19. The zero-order valence-electron chi connectivity index (χ0n) is 11.9. The van der Waals surface area contributed by atoms with Gasteiger partial charge in [0.15, 0.2) is 0 Å². The third-order valence-electron chi connectivity index (χ3n) is 2.98. The standard InChI is InChI=1S/C14H21NO4/c1-5-9(6-2)19-14(16)11-7-10(17-3)8-12(18-4)13(11)15/h7-9H,5-6,15H2,1-4H3. The van der Waals surface area contributed by atoms with Gasteiger partial charge >= 0.3 is 5.97 Å². The molecule has 0 heterocycles. The molecule has 0 aromatic heterocycles. The molecule has 0 amide bonds. The van der Waals surface area contributed by atoms with Gasteiger partial charge in [-0.1, -0.05) is 13.8 Å². The molecule has 0 radical (unpaired) electrons. The number of carbonyl (C=O) groups is 1. The number of hydrogen-bond donors (Lipinski definition) is 1. The minimum atomic E-state index is -0.455. The third-order valence-corrected chi connectivity index (χ3v) is 2.98. The van der Waals surface area contributed by atoms with Crippen molar-refractivity contribution in [3.63, 3.8) is 0 Å². The number of carbonyl (C=O) groups excluding carboxylic acids is 1. The van der Waals surface area contributed by atoms with E-state index in [4.69, 9.17) is 19.9 Å². The number of hydrogen-bond acceptors (Lipinski definition) is 5. The van der Waals surface area contributed by atoms with Crippen LogP contribution in [-0.2, 0) is 4.74 Å². The number of benzene rings is 1. The summed E-state index contributed by atoms with van der Waals surface area (Å²) in [5.74, 6) is 0.446. The van der Waals surface area contributed by atoms with E-state index in [-0.39, 0.29) is 17.4 Å². The van der Waals surface area contributed by atoms with Crippen LogP contribution in [0.3, 0.4) is 0 Å². The fourth-order valence-corrected chi connectivity index (χ4v) is 1.73. The number of anilines is 1. The highest BCUT2D eigenvalue weighted by molar-refractivity contribution is 5.97. The SMILES string of the molecule is CCC(CC)OC(=O)c1cc(OC)cc(OC)c1N. The van der Waals surface area contributed by atoms with Crippen molar-refractivity contribution < 1.29 is 19.0 Å². The van der Waals surface area contributed by atoms with E-state index in [1.54, 1.807) is 12.1 Å². The van der Waals surface area contributed by atoms with E-state index in [1.807, 2.05) is 13.8 Å². The molecular formula is C14H21NO4. The molecule has 1 aromatic carbocycles. The number of ether oxygens (including phenoxy) is 3. The molecule has 0 spiro atoms. The van der Waals surface area contributed by atoms with E-state index in [1.165, 1.54) is 14.2 Å². The van der Waals surface area contributed by atoms with Crippen molar-refractivity contribution >= 4 is 11.7 Å².